The summed E-state index contributed by atoms with van der Waals surface area (Å²) in [5.74, 6) is 0. The van der Waals surface area contributed by atoms with Crippen molar-refractivity contribution >= 4 is 8.32 Å². The van der Waals surface area contributed by atoms with E-state index in [0.29, 0.717) is 19.8 Å². The Hall–Kier alpha value is -0.983. The molecule has 3 rings (SSSR count). The van der Waals surface area contributed by atoms with Gasteiger partial charge in [-0.05, 0) is 30.6 Å². The van der Waals surface area contributed by atoms with Crippen LogP contribution in [0.4, 0.5) is 0 Å². The third kappa shape index (κ3) is 4.72. The molecule has 27 heavy (non-hydrogen) atoms. The van der Waals surface area contributed by atoms with Crippen LogP contribution in [0.25, 0.3) is 0 Å². The van der Waals surface area contributed by atoms with Crippen LogP contribution >= 0.6 is 0 Å². The van der Waals surface area contributed by atoms with E-state index < -0.39 is 8.32 Å². The van der Waals surface area contributed by atoms with Gasteiger partial charge in [0.1, 0.15) is 12.2 Å². The molecule has 0 radical (unpaired) electrons. The molecule has 2 aliphatic rings. The van der Waals surface area contributed by atoms with Crippen molar-refractivity contribution in [3.8, 4) is 0 Å². The predicted octanol–water partition coefficient (Wildman–Crippen LogP) is 4.91. The molecule has 0 unspecified atom stereocenters. The fourth-order valence-electron chi connectivity index (χ4n) is 3.04. The van der Waals surface area contributed by atoms with Gasteiger partial charge in [-0.15, -0.1) is 0 Å². The van der Waals surface area contributed by atoms with E-state index in [1.807, 2.05) is 18.2 Å². The molecular formula is C22H34O4Si. The zero-order chi connectivity index (χ0) is 19.7. The van der Waals surface area contributed by atoms with Crippen molar-refractivity contribution < 1.29 is 18.6 Å². The Labute approximate surface area is 165 Å². The Kier molecular flexibility index (Phi) is 5.99. The van der Waals surface area contributed by atoms with Gasteiger partial charge in [0, 0.05) is 6.61 Å². The molecule has 1 fully saturated rings. The van der Waals surface area contributed by atoms with Gasteiger partial charge >= 0.3 is 0 Å². The van der Waals surface area contributed by atoms with Crippen LogP contribution in [-0.4, -0.2) is 40.0 Å². The van der Waals surface area contributed by atoms with Crippen LogP contribution in [0.15, 0.2) is 42.5 Å². The molecule has 1 aromatic rings. The molecule has 0 amide bonds. The summed E-state index contributed by atoms with van der Waals surface area (Å²) in [7, 11) is -1.81. The number of fused-ring (bicyclic) bond motifs is 2. The SMILES string of the molecule is CC(C)(C)[Si](C)(C)OC[C@@]1(C)C=C[C@@H]2O[C@H]1O[C@H]2COCc1ccccc1. The van der Waals surface area contributed by atoms with Crippen molar-refractivity contribution in [3.63, 3.8) is 0 Å². The van der Waals surface area contributed by atoms with Gasteiger partial charge in [-0.3, -0.25) is 0 Å². The Bertz CT molecular complexity index is 652. The highest BCUT2D eigenvalue weighted by molar-refractivity contribution is 6.74. The number of ether oxygens (including phenoxy) is 3. The molecule has 0 spiro atoms. The summed E-state index contributed by atoms with van der Waals surface area (Å²) in [6.45, 7) is 15.2. The predicted molar refractivity (Wildman–Crippen MR) is 110 cm³/mol. The van der Waals surface area contributed by atoms with E-state index in [1.165, 1.54) is 5.56 Å². The zero-order valence-corrected chi connectivity index (χ0v) is 18.5. The lowest BCUT2D eigenvalue weighted by atomic mass is 9.89. The molecule has 4 atom stereocenters. The largest absolute Gasteiger partial charge is 0.416 e. The molecule has 150 valence electrons. The van der Waals surface area contributed by atoms with Gasteiger partial charge < -0.3 is 18.6 Å². The van der Waals surface area contributed by atoms with E-state index in [1.54, 1.807) is 0 Å². The Morgan fingerprint density at radius 2 is 1.81 bits per heavy atom. The lowest BCUT2D eigenvalue weighted by Crippen LogP contribution is -2.46. The summed E-state index contributed by atoms with van der Waals surface area (Å²) in [5, 5.41) is 0.190. The maximum absolute atomic E-state index is 6.46. The van der Waals surface area contributed by atoms with Crippen molar-refractivity contribution in [2.24, 2.45) is 5.41 Å². The lowest BCUT2D eigenvalue weighted by Gasteiger charge is -2.41. The van der Waals surface area contributed by atoms with Crippen molar-refractivity contribution in [1.82, 2.24) is 0 Å². The summed E-state index contributed by atoms with van der Waals surface area (Å²) < 4.78 is 24.7. The summed E-state index contributed by atoms with van der Waals surface area (Å²) in [4.78, 5) is 0. The van der Waals surface area contributed by atoms with Crippen LogP contribution in [0, 0.1) is 5.41 Å². The monoisotopic (exact) mass is 390 g/mol. The second kappa shape index (κ2) is 7.80. The summed E-state index contributed by atoms with van der Waals surface area (Å²) >= 11 is 0. The molecule has 2 bridgehead atoms. The second-order valence-corrected chi connectivity index (χ2v) is 14.3. The number of benzene rings is 1. The van der Waals surface area contributed by atoms with Gasteiger partial charge in [-0.1, -0.05) is 63.3 Å². The lowest BCUT2D eigenvalue weighted by molar-refractivity contribution is -0.144. The molecule has 0 aromatic heterocycles. The van der Waals surface area contributed by atoms with Gasteiger partial charge in [0.2, 0.25) is 0 Å². The molecule has 5 heteroatoms. The van der Waals surface area contributed by atoms with Crippen LogP contribution in [-0.2, 0) is 25.2 Å². The molecule has 0 aliphatic carbocycles. The Morgan fingerprint density at radius 1 is 1.11 bits per heavy atom. The standard InChI is InChI=1S/C22H34O4Si/c1-21(2,3)27(5,6)24-16-22(4)13-12-18-19(26-20(22)25-18)15-23-14-17-10-8-7-9-11-17/h7-13,18-20H,14-16H2,1-6H3/t18-,19-,20-,22+/m0/s1. The van der Waals surface area contributed by atoms with Crippen LogP contribution in [0.3, 0.4) is 0 Å². The fourth-order valence-corrected chi connectivity index (χ4v) is 4.15. The van der Waals surface area contributed by atoms with Gasteiger partial charge in [-0.25, -0.2) is 0 Å². The molecule has 0 saturated carbocycles. The first-order valence-electron chi connectivity index (χ1n) is 9.87. The van der Waals surface area contributed by atoms with E-state index in [9.17, 15) is 0 Å². The summed E-state index contributed by atoms with van der Waals surface area (Å²) in [5.41, 5.74) is 0.905. The van der Waals surface area contributed by atoms with Crippen molar-refractivity contribution in [2.75, 3.05) is 13.2 Å². The van der Waals surface area contributed by atoms with Gasteiger partial charge in [0.25, 0.3) is 0 Å². The number of hydrogen-bond donors (Lipinski definition) is 0. The molecule has 2 heterocycles. The third-order valence-corrected chi connectivity index (χ3v) is 10.6. The van der Waals surface area contributed by atoms with E-state index in [0.717, 1.165) is 0 Å². The van der Waals surface area contributed by atoms with Crippen LogP contribution in [0.5, 0.6) is 0 Å². The average Bonchev–Trinajstić information content (AvgIpc) is 2.97. The fraction of sp³-hybridized carbons (Fsp3) is 0.636. The Balaban J connectivity index is 1.53. The zero-order valence-electron chi connectivity index (χ0n) is 17.5. The van der Waals surface area contributed by atoms with E-state index >= 15 is 0 Å². The highest BCUT2D eigenvalue weighted by Crippen LogP contribution is 2.42. The van der Waals surface area contributed by atoms with E-state index in [4.69, 9.17) is 18.6 Å². The molecule has 1 aromatic carbocycles. The van der Waals surface area contributed by atoms with Gasteiger partial charge in [0.05, 0.1) is 18.6 Å². The number of rotatable bonds is 7. The van der Waals surface area contributed by atoms with Crippen LogP contribution in [0.1, 0.15) is 33.3 Å². The average molecular weight is 391 g/mol. The molecule has 1 saturated heterocycles. The Morgan fingerprint density at radius 3 is 2.48 bits per heavy atom. The first kappa shape index (κ1) is 20.7. The summed E-state index contributed by atoms with van der Waals surface area (Å²) in [6.07, 6.45) is 3.96. The topological polar surface area (TPSA) is 36.9 Å². The van der Waals surface area contributed by atoms with E-state index in [-0.39, 0.29) is 29.0 Å². The van der Waals surface area contributed by atoms with Crippen molar-refractivity contribution in [1.29, 1.82) is 0 Å². The normalized spacial score (nSPS) is 30.7. The molecule has 4 nitrogen and oxygen atoms in total. The highest BCUT2D eigenvalue weighted by atomic mass is 28.4. The van der Waals surface area contributed by atoms with Crippen LogP contribution < -0.4 is 0 Å². The maximum atomic E-state index is 6.46. The van der Waals surface area contributed by atoms with Crippen LogP contribution in [0.2, 0.25) is 18.1 Å². The van der Waals surface area contributed by atoms with Crippen molar-refractivity contribution in [3.05, 3.63) is 48.0 Å². The quantitative estimate of drug-likeness (QED) is 0.490. The van der Waals surface area contributed by atoms with Crippen molar-refractivity contribution in [2.45, 2.75) is 70.9 Å². The minimum absolute atomic E-state index is 0.0354. The third-order valence-electron chi connectivity index (χ3n) is 6.09. The number of hydrogen-bond acceptors (Lipinski definition) is 4. The molecule has 2 aliphatic heterocycles. The minimum Gasteiger partial charge on any atom is -0.416 e. The smallest absolute Gasteiger partial charge is 0.192 e. The summed E-state index contributed by atoms with van der Waals surface area (Å²) in [6, 6.07) is 10.2. The van der Waals surface area contributed by atoms with Gasteiger partial charge in [0.15, 0.2) is 14.6 Å². The highest BCUT2D eigenvalue weighted by Gasteiger charge is 2.49. The second-order valence-electron chi connectivity index (χ2n) is 9.52. The van der Waals surface area contributed by atoms with E-state index in [2.05, 4.69) is 65.1 Å². The first-order chi connectivity index (χ1) is 12.6. The maximum Gasteiger partial charge on any atom is 0.192 e. The first-order valence-corrected chi connectivity index (χ1v) is 12.8. The molecular weight excluding hydrogens is 356 g/mol. The van der Waals surface area contributed by atoms with Gasteiger partial charge in [-0.2, -0.15) is 0 Å². The molecule has 0 N–H and O–H groups in total. The minimum atomic E-state index is -1.81.